The predicted octanol–water partition coefficient (Wildman–Crippen LogP) is 5.54. The molecule has 0 saturated heterocycles. The summed E-state index contributed by atoms with van der Waals surface area (Å²) < 4.78 is 7.44. The van der Waals surface area contributed by atoms with E-state index in [1.165, 1.54) is 24.8 Å². The van der Waals surface area contributed by atoms with E-state index in [4.69, 9.17) is 4.74 Å². The number of carbonyl (C=O) groups is 3. The monoisotopic (exact) mass is 612 g/mol. The number of anilines is 1. The SMILES string of the molecule is CN(C)C(=O)c1ccc(CN2CCn3c(cnc3C(=O)NCc3ccc(NC(=O)OC(C)(C)C)cc3)C23CC2(CCC2)C3)cc1. The second-order valence-electron chi connectivity index (χ2n) is 14.2. The first-order valence-corrected chi connectivity index (χ1v) is 15.9. The van der Waals surface area contributed by atoms with Crippen molar-refractivity contribution in [3.8, 4) is 0 Å². The minimum Gasteiger partial charge on any atom is -0.444 e. The summed E-state index contributed by atoms with van der Waals surface area (Å²) in [7, 11) is 3.53. The number of imidazole rings is 1. The van der Waals surface area contributed by atoms with Crippen LogP contribution in [0.15, 0.2) is 54.7 Å². The largest absolute Gasteiger partial charge is 0.444 e. The maximum Gasteiger partial charge on any atom is 0.412 e. The van der Waals surface area contributed by atoms with Crippen molar-refractivity contribution >= 4 is 23.6 Å². The van der Waals surface area contributed by atoms with Gasteiger partial charge in [-0.25, -0.2) is 9.78 Å². The van der Waals surface area contributed by atoms with Gasteiger partial charge < -0.3 is 19.5 Å². The normalized spacial score (nSPS) is 18.0. The fraction of sp³-hybridized carbons (Fsp3) is 0.486. The third-order valence-corrected chi connectivity index (χ3v) is 9.52. The second kappa shape index (κ2) is 11.6. The summed E-state index contributed by atoms with van der Waals surface area (Å²) in [5.41, 5.74) is 4.24. The van der Waals surface area contributed by atoms with Gasteiger partial charge in [0.05, 0.1) is 17.4 Å². The fourth-order valence-corrected chi connectivity index (χ4v) is 7.23. The molecule has 1 aromatic heterocycles. The van der Waals surface area contributed by atoms with Crippen LogP contribution in [-0.2, 0) is 29.9 Å². The number of hydrogen-bond donors (Lipinski definition) is 2. The summed E-state index contributed by atoms with van der Waals surface area (Å²) in [6.45, 7) is 8.11. The summed E-state index contributed by atoms with van der Waals surface area (Å²) >= 11 is 0. The van der Waals surface area contributed by atoms with E-state index in [0.29, 0.717) is 35.6 Å². The van der Waals surface area contributed by atoms with Crippen molar-refractivity contribution in [3.63, 3.8) is 0 Å². The molecule has 3 aliphatic rings. The molecule has 0 atom stereocenters. The number of benzene rings is 2. The molecule has 2 aliphatic carbocycles. The van der Waals surface area contributed by atoms with Gasteiger partial charge in [-0.2, -0.15) is 0 Å². The Hall–Kier alpha value is -4.18. The van der Waals surface area contributed by atoms with Gasteiger partial charge in [0.1, 0.15) is 5.60 Å². The van der Waals surface area contributed by atoms with E-state index in [-0.39, 0.29) is 17.4 Å². The maximum absolute atomic E-state index is 13.4. The molecule has 0 radical (unpaired) electrons. The molecule has 0 bridgehead atoms. The van der Waals surface area contributed by atoms with Crippen molar-refractivity contribution in [3.05, 3.63) is 82.9 Å². The summed E-state index contributed by atoms with van der Waals surface area (Å²) in [6.07, 6.45) is 7.44. The number of nitrogens with zero attached hydrogens (tertiary/aromatic N) is 4. The van der Waals surface area contributed by atoms with E-state index in [0.717, 1.165) is 37.2 Å². The first-order valence-electron chi connectivity index (χ1n) is 15.9. The number of carbonyl (C=O) groups excluding carboxylic acids is 3. The van der Waals surface area contributed by atoms with Gasteiger partial charge >= 0.3 is 6.09 Å². The molecule has 2 heterocycles. The third kappa shape index (κ3) is 6.20. The van der Waals surface area contributed by atoms with Crippen molar-refractivity contribution < 1.29 is 19.1 Å². The molecular formula is C35H44N6O4. The Labute approximate surface area is 265 Å². The summed E-state index contributed by atoms with van der Waals surface area (Å²) in [5, 5.41) is 5.77. The molecule has 2 saturated carbocycles. The summed E-state index contributed by atoms with van der Waals surface area (Å²) in [4.78, 5) is 46.7. The molecule has 2 N–H and O–H groups in total. The smallest absolute Gasteiger partial charge is 0.412 e. The lowest BCUT2D eigenvalue weighted by Gasteiger charge is -2.65. The van der Waals surface area contributed by atoms with Gasteiger partial charge in [-0.05, 0) is 87.3 Å². The van der Waals surface area contributed by atoms with Gasteiger partial charge in [0.15, 0.2) is 5.82 Å². The van der Waals surface area contributed by atoms with Crippen LogP contribution in [0.25, 0.3) is 0 Å². The maximum atomic E-state index is 13.4. The number of amides is 3. The number of fused-ring (bicyclic) bond motifs is 2. The molecule has 0 unspecified atom stereocenters. The highest BCUT2D eigenvalue weighted by molar-refractivity contribution is 5.94. The van der Waals surface area contributed by atoms with E-state index in [1.54, 1.807) is 31.1 Å². The molecule has 2 aromatic carbocycles. The van der Waals surface area contributed by atoms with Crippen LogP contribution >= 0.6 is 0 Å². The molecule has 3 amide bonds. The average molecular weight is 613 g/mol. The molecule has 2 spiro atoms. The molecule has 1 aliphatic heterocycles. The molecule has 238 valence electrons. The molecule has 10 heteroatoms. The fourth-order valence-electron chi connectivity index (χ4n) is 7.23. The highest BCUT2D eigenvalue weighted by atomic mass is 16.6. The van der Waals surface area contributed by atoms with E-state index in [9.17, 15) is 14.4 Å². The van der Waals surface area contributed by atoms with Gasteiger partial charge in [0, 0.05) is 51.5 Å². The topological polar surface area (TPSA) is 109 Å². The van der Waals surface area contributed by atoms with E-state index >= 15 is 0 Å². The van der Waals surface area contributed by atoms with Gasteiger partial charge in [-0.3, -0.25) is 19.8 Å². The van der Waals surface area contributed by atoms with Crippen LogP contribution in [0, 0.1) is 5.41 Å². The molecule has 6 rings (SSSR count). The zero-order valence-corrected chi connectivity index (χ0v) is 27.0. The Balaban J connectivity index is 1.13. The van der Waals surface area contributed by atoms with Crippen molar-refractivity contribution in [2.45, 2.75) is 83.6 Å². The van der Waals surface area contributed by atoms with Crippen LogP contribution in [0.2, 0.25) is 0 Å². The third-order valence-electron chi connectivity index (χ3n) is 9.52. The van der Waals surface area contributed by atoms with Crippen LogP contribution in [0.1, 0.15) is 90.7 Å². The quantitative estimate of drug-likeness (QED) is 0.363. The van der Waals surface area contributed by atoms with Gasteiger partial charge in [-0.15, -0.1) is 0 Å². The van der Waals surface area contributed by atoms with Gasteiger partial charge in [0.25, 0.3) is 11.8 Å². The zero-order chi connectivity index (χ0) is 32.0. The highest BCUT2D eigenvalue weighted by Crippen LogP contribution is 2.66. The first kappa shape index (κ1) is 30.8. The van der Waals surface area contributed by atoms with E-state index in [2.05, 4.69) is 37.2 Å². The Morgan fingerprint density at radius 1 is 0.956 bits per heavy atom. The van der Waals surface area contributed by atoms with Crippen LogP contribution in [0.5, 0.6) is 0 Å². The van der Waals surface area contributed by atoms with Crippen molar-refractivity contribution in [1.82, 2.24) is 24.7 Å². The summed E-state index contributed by atoms with van der Waals surface area (Å²) in [6, 6.07) is 15.3. The second-order valence-corrected chi connectivity index (χ2v) is 14.2. The van der Waals surface area contributed by atoms with Crippen molar-refractivity contribution in [1.29, 1.82) is 0 Å². The number of hydrogen-bond acceptors (Lipinski definition) is 6. The molecule has 10 nitrogen and oxygen atoms in total. The highest BCUT2D eigenvalue weighted by Gasteiger charge is 2.62. The van der Waals surface area contributed by atoms with Crippen molar-refractivity contribution in [2.24, 2.45) is 5.41 Å². The van der Waals surface area contributed by atoms with Crippen molar-refractivity contribution in [2.75, 3.05) is 26.0 Å². The van der Waals surface area contributed by atoms with Crippen LogP contribution in [-0.4, -0.2) is 63.5 Å². The Morgan fingerprint density at radius 3 is 2.22 bits per heavy atom. The minimum absolute atomic E-state index is 0.00355. The Bertz CT molecular complexity index is 1570. The number of aromatic nitrogens is 2. The van der Waals surface area contributed by atoms with E-state index in [1.807, 2.05) is 51.2 Å². The zero-order valence-electron chi connectivity index (χ0n) is 27.0. The summed E-state index contributed by atoms with van der Waals surface area (Å²) in [5.74, 6) is 0.261. The Morgan fingerprint density at radius 2 is 1.62 bits per heavy atom. The van der Waals surface area contributed by atoms with E-state index < -0.39 is 11.7 Å². The molecule has 3 aromatic rings. The van der Waals surface area contributed by atoms with Crippen LogP contribution in [0.3, 0.4) is 0 Å². The first-order chi connectivity index (χ1) is 21.4. The van der Waals surface area contributed by atoms with Crippen LogP contribution < -0.4 is 10.6 Å². The molecular weight excluding hydrogens is 568 g/mol. The minimum atomic E-state index is -0.573. The molecule has 45 heavy (non-hydrogen) atoms. The number of rotatable bonds is 7. The number of nitrogens with one attached hydrogen (secondary N) is 2. The lowest BCUT2D eigenvalue weighted by Crippen LogP contribution is -2.64. The predicted molar refractivity (Wildman–Crippen MR) is 172 cm³/mol. The standard InChI is InChI=1S/C35H44N6O4/c1-33(2,3)45-32(44)38-27-13-9-24(10-14-27)19-37-30(42)29-36-20-28-35(22-34(23-35)15-6-16-34)40(17-18-41(28)29)21-25-7-11-26(12-8-25)31(43)39(4)5/h7-14,20H,6,15-19,21-23H2,1-5H3,(H,37,42)(H,38,44). The Kier molecular flexibility index (Phi) is 7.97. The van der Waals surface area contributed by atoms with Crippen LogP contribution in [0.4, 0.5) is 10.5 Å². The lowest BCUT2D eigenvalue weighted by molar-refractivity contribution is -0.148. The average Bonchev–Trinajstić information content (AvgIpc) is 3.38. The van der Waals surface area contributed by atoms with Gasteiger partial charge in [-0.1, -0.05) is 30.7 Å². The molecule has 2 fully saturated rings. The number of ether oxygens (including phenoxy) is 1. The van der Waals surface area contributed by atoms with Gasteiger partial charge in [0.2, 0.25) is 0 Å². The lowest BCUT2D eigenvalue weighted by atomic mass is 9.47.